The zero-order valence-electron chi connectivity index (χ0n) is 14.9. The van der Waals surface area contributed by atoms with Crippen LogP contribution in [0.1, 0.15) is 5.56 Å². The summed E-state index contributed by atoms with van der Waals surface area (Å²) in [4.78, 5) is 16.7. The van der Waals surface area contributed by atoms with Gasteiger partial charge in [0, 0.05) is 12.6 Å². The van der Waals surface area contributed by atoms with Crippen molar-refractivity contribution in [1.29, 1.82) is 5.26 Å². The number of nitriles is 1. The van der Waals surface area contributed by atoms with E-state index >= 15 is 0 Å². The van der Waals surface area contributed by atoms with E-state index in [1.807, 2.05) is 36.2 Å². The van der Waals surface area contributed by atoms with Gasteiger partial charge in [0.2, 0.25) is 5.88 Å². The van der Waals surface area contributed by atoms with Crippen molar-refractivity contribution >= 4 is 46.1 Å². The lowest BCUT2D eigenvalue weighted by molar-refractivity contribution is -0.112. The molecule has 0 radical (unpaired) electrons. The first-order chi connectivity index (χ1) is 13.5. The van der Waals surface area contributed by atoms with E-state index in [2.05, 4.69) is 6.07 Å². The Morgan fingerprint density at radius 1 is 1.18 bits per heavy atom. The molecule has 0 aliphatic carbocycles. The first-order valence-corrected chi connectivity index (χ1v) is 9.36. The highest BCUT2D eigenvalue weighted by molar-refractivity contribution is 6.44. The maximum Gasteiger partial charge on any atom is 0.263 e. The number of anilines is 2. The van der Waals surface area contributed by atoms with Gasteiger partial charge in [0.25, 0.3) is 5.91 Å². The number of carbonyl (C=O) groups excluding carboxylic acids is 1. The molecule has 0 N–H and O–H groups in total. The minimum absolute atomic E-state index is 0.297. The van der Waals surface area contributed by atoms with E-state index in [4.69, 9.17) is 27.9 Å². The van der Waals surface area contributed by atoms with E-state index < -0.39 is 0 Å². The summed E-state index contributed by atoms with van der Waals surface area (Å²) in [7, 11) is 1.85. The first-order valence-electron chi connectivity index (χ1n) is 8.61. The number of para-hydroxylation sites is 2. The maximum absolute atomic E-state index is 13.4. The number of rotatable bonds is 2. The molecule has 28 heavy (non-hydrogen) atoms. The number of fused-ring (bicyclic) bond motifs is 1. The molecule has 0 bridgehead atoms. The molecule has 1 amide bonds. The lowest BCUT2D eigenvalue weighted by Gasteiger charge is -2.20. The van der Waals surface area contributed by atoms with Crippen molar-refractivity contribution in [3.63, 3.8) is 0 Å². The molecule has 1 fully saturated rings. The molecular weight excluding hydrogens is 397 g/mol. The summed E-state index contributed by atoms with van der Waals surface area (Å²) in [5, 5.41) is 10.4. The van der Waals surface area contributed by atoms with Crippen molar-refractivity contribution in [3.8, 4) is 6.07 Å². The molecular formula is C21H15Cl2N3O2. The second-order valence-electron chi connectivity index (χ2n) is 6.39. The summed E-state index contributed by atoms with van der Waals surface area (Å²) in [5.74, 6) is 0.166. The standard InChI is InChI=1S/C21H15Cl2N3O2/c1-25-9-10-28-21(25)13(12-24)11-15-14-5-2-3-8-18(14)26(20(15)27)19-16(22)6-4-7-17(19)23/h2-8,11H,9-10H2,1H3/b15-11-,21-13+. The minimum Gasteiger partial charge on any atom is -0.476 e. The van der Waals surface area contributed by atoms with Crippen molar-refractivity contribution in [3.05, 3.63) is 75.6 Å². The van der Waals surface area contributed by atoms with E-state index in [0.717, 1.165) is 0 Å². The lowest BCUT2D eigenvalue weighted by Crippen LogP contribution is -2.21. The Morgan fingerprint density at radius 3 is 2.54 bits per heavy atom. The van der Waals surface area contributed by atoms with E-state index in [0.29, 0.717) is 57.2 Å². The molecule has 5 nitrogen and oxygen atoms in total. The third-order valence-corrected chi connectivity index (χ3v) is 5.29. The average molecular weight is 412 g/mol. The van der Waals surface area contributed by atoms with Gasteiger partial charge in [-0.05, 0) is 24.3 Å². The molecule has 2 aromatic rings. The van der Waals surface area contributed by atoms with Gasteiger partial charge >= 0.3 is 0 Å². The van der Waals surface area contributed by atoms with Gasteiger partial charge in [-0.2, -0.15) is 5.26 Å². The summed E-state index contributed by atoms with van der Waals surface area (Å²) in [5.41, 5.74) is 2.48. The Kier molecular flexibility index (Phi) is 4.76. The number of allylic oxidation sites excluding steroid dienone is 2. The molecule has 0 aromatic heterocycles. The van der Waals surface area contributed by atoms with Crippen LogP contribution < -0.4 is 4.90 Å². The van der Waals surface area contributed by atoms with E-state index in [1.165, 1.54) is 4.90 Å². The van der Waals surface area contributed by atoms with Gasteiger partial charge in [0.05, 0.1) is 33.5 Å². The fourth-order valence-electron chi connectivity index (χ4n) is 3.37. The van der Waals surface area contributed by atoms with Crippen LogP contribution in [-0.4, -0.2) is 31.0 Å². The van der Waals surface area contributed by atoms with E-state index in [1.54, 1.807) is 24.3 Å². The number of ether oxygens (including phenoxy) is 1. The lowest BCUT2D eigenvalue weighted by atomic mass is 10.0. The maximum atomic E-state index is 13.4. The predicted molar refractivity (Wildman–Crippen MR) is 109 cm³/mol. The minimum atomic E-state index is -0.301. The number of hydrogen-bond donors (Lipinski definition) is 0. The van der Waals surface area contributed by atoms with Crippen molar-refractivity contribution in [2.75, 3.05) is 25.1 Å². The fraction of sp³-hybridized carbons (Fsp3) is 0.143. The number of nitrogens with zero attached hydrogens (tertiary/aromatic N) is 3. The number of amides is 1. The van der Waals surface area contributed by atoms with Crippen LogP contribution in [0.2, 0.25) is 10.0 Å². The summed E-state index contributed by atoms with van der Waals surface area (Å²) < 4.78 is 5.57. The molecule has 0 unspecified atom stereocenters. The zero-order valence-corrected chi connectivity index (χ0v) is 16.5. The quantitative estimate of drug-likeness (QED) is 0.528. The first kappa shape index (κ1) is 18.4. The van der Waals surface area contributed by atoms with Gasteiger partial charge in [-0.15, -0.1) is 0 Å². The predicted octanol–water partition coefficient (Wildman–Crippen LogP) is 4.75. The van der Waals surface area contributed by atoms with Crippen LogP contribution in [0.3, 0.4) is 0 Å². The molecule has 1 saturated heterocycles. The summed E-state index contributed by atoms with van der Waals surface area (Å²) in [6.07, 6.45) is 1.57. The largest absolute Gasteiger partial charge is 0.476 e. The van der Waals surface area contributed by atoms with Gasteiger partial charge in [-0.1, -0.05) is 47.5 Å². The molecule has 2 aromatic carbocycles. The van der Waals surface area contributed by atoms with Crippen LogP contribution in [0.5, 0.6) is 0 Å². The number of likely N-dealkylation sites (N-methyl/N-ethyl adjacent to an activating group) is 1. The third-order valence-electron chi connectivity index (χ3n) is 4.68. The third kappa shape index (κ3) is 2.91. The van der Waals surface area contributed by atoms with E-state index in [9.17, 15) is 10.1 Å². The second kappa shape index (κ2) is 7.23. The summed E-state index contributed by atoms with van der Waals surface area (Å²) in [6.45, 7) is 1.20. The topological polar surface area (TPSA) is 56.6 Å². The molecule has 0 atom stereocenters. The van der Waals surface area contributed by atoms with Gasteiger partial charge in [-0.25, -0.2) is 0 Å². The molecule has 140 valence electrons. The fourth-order valence-corrected chi connectivity index (χ4v) is 3.93. The highest BCUT2D eigenvalue weighted by atomic mass is 35.5. The molecule has 4 rings (SSSR count). The molecule has 2 aliphatic heterocycles. The highest BCUT2D eigenvalue weighted by Crippen LogP contribution is 2.46. The van der Waals surface area contributed by atoms with Crippen molar-refractivity contribution in [2.24, 2.45) is 0 Å². The molecule has 7 heteroatoms. The normalized spacial score (nSPS) is 18.9. The Balaban J connectivity index is 1.90. The monoisotopic (exact) mass is 411 g/mol. The van der Waals surface area contributed by atoms with Crippen molar-refractivity contribution in [1.82, 2.24) is 4.90 Å². The number of hydrogen-bond acceptors (Lipinski definition) is 4. The van der Waals surface area contributed by atoms with Crippen molar-refractivity contribution < 1.29 is 9.53 Å². The van der Waals surface area contributed by atoms with Crippen molar-refractivity contribution in [2.45, 2.75) is 0 Å². The Hall–Kier alpha value is -2.94. The Bertz CT molecular complexity index is 1070. The Labute approximate surface area is 172 Å². The SMILES string of the molecule is CN1CCO/C1=C(C#N)\C=C1/C(=O)N(c2c(Cl)cccc2Cl)c2ccccc21. The molecule has 0 saturated carbocycles. The van der Waals surface area contributed by atoms with Crippen LogP contribution in [-0.2, 0) is 9.53 Å². The number of halogens is 2. The van der Waals surface area contributed by atoms with Gasteiger partial charge in [-0.3, -0.25) is 9.69 Å². The highest BCUT2D eigenvalue weighted by Gasteiger charge is 2.36. The molecule has 2 heterocycles. The van der Waals surface area contributed by atoms with E-state index in [-0.39, 0.29) is 5.91 Å². The van der Waals surface area contributed by atoms with Crippen LogP contribution in [0.4, 0.5) is 11.4 Å². The Morgan fingerprint density at radius 2 is 1.89 bits per heavy atom. The summed E-state index contributed by atoms with van der Waals surface area (Å²) in [6, 6.07) is 14.6. The molecule has 0 spiro atoms. The van der Waals surface area contributed by atoms with Crippen LogP contribution >= 0.6 is 23.2 Å². The van der Waals surface area contributed by atoms with Crippen LogP contribution in [0, 0.1) is 11.3 Å². The zero-order chi connectivity index (χ0) is 19.8. The van der Waals surface area contributed by atoms with Crippen LogP contribution in [0.25, 0.3) is 5.57 Å². The number of carbonyl (C=O) groups is 1. The van der Waals surface area contributed by atoms with Gasteiger partial charge < -0.3 is 9.64 Å². The molecule has 2 aliphatic rings. The summed E-state index contributed by atoms with van der Waals surface area (Å²) >= 11 is 12.7. The van der Waals surface area contributed by atoms with Crippen LogP contribution in [0.15, 0.2) is 60.0 Å². The smallest absolute Gasteiger partial charge is 0.263 e. The average Bonchev–Trinajstić information content (AvgIpc) is 3.22. The van der Waals surface area contributed by atoms with Gasteiger partial charge in [0.1, 0.15) is 18.2 Å². The van der Waals surface area contributed by atoms with Gasteiger partial charge in [0.15, 0.2) is 0 Å². The number of benzene rings is 2. The second-order valence-corrected chi connectivity index (χ2v) is 7.20.